The first-order valence-corrected chi connectivity index (χ1v) is 16.0. The summed E-state index contributed by atoms with van der Waals surface area (Å²) < 4.78 is 30.2. The molecule has 9 nitrogen and oxygen atoms in total. The Kier molecular flexibility index (Phi) is 8.06. The molecular weight excluding hydrogens is 596 g/mol. The third-order valence-electron chi connectivity index (χ3n) is 10.3. The number of phenols is 2. The van der Waals surface area contributed by atoms with Gasteiger partial charge < -0.3 is 33.9 Å². The molecule has 3 heterocycles. The zero-order valence-corrected chi connectivity index (χ0v) is 27.8. The van der Waals surface area contributed by atoms with Gasteiger partial charge in [-0.05, 0) is 116 Å². The van der Waals surface area contributed by atoms with E-state index in [4.69, 9.17) is 23.7 Å². The number of likely N-dealkylation sites (N-methyl/N-ethyl adjacent to an activating group) is 2. The first-order chi connectivity index (χ1) is 22.7. The summed E-state index contributed by atoms with van der Waals surface area (Å²) in [5.41, 5.74) is 7.99. The Bertz CT molecular complexity index is 1820. The van der Waals surface area contributed by atoms with E-state index in [0.29, 0.717) is 40.9 Å². The SMILES string of the molecule is COc1cc2c(cc1O)[C@H]1Cc3c(cc(OC)c(OC)c3Oc3cc4c(cc3OC)CCN(C)[C@@H]4Cc3ccc(O)cc3)[C@@H](C2)N1C. The van der Waals surface area contributed by atoms with E-state index in [2.05, 4.69) is 42.1 Å². The van der Waals surface area contributed by atoms with Crippen LogP contribution in [0.3, 0.4) is 0 Å². The third kappa shape index (κ3) is 5.27. The summed E-state index contributed by atoms with van der Waals surface area (Å²) in [6.07, 6.45) is 3.09. The maximum absolute atomic E-state index is 10.7. The molecule has 0 unspecified atom stereocenters. The van der Waals surface area contributed by atoms with Gasteiger partial charge in [-0.25, -0.2) is 0 Å². The van der Waals surface area contributed by atoms with Gasteiger partial charge >= 0.3 is 0 Å². The molecule has 4 aromatic rings. The number of ether oxygens (including phenoxy) is 5. The standard InChI is InChI=1S/C38H42N2O7/c1-39-12-11-22-15-34(44-4)35(19-26(22)29(39)13-21-7-9-24(41)10-8-21)47-37-28-17-31-25-18-32(42)33(43-3)16-23(25)14-30(40(31)2)27(28)20-36(45-5)38(37)46-6/h7-10,15-16,18-20,29-31,41-42H,11-14,17H2,1-6H3/t29-,30-,31-/m1/s1. The van der Waals surface area contributed by atoms with Crippen LogP contribution in [0.25, 0.3) is 0 Å². The van der Waals surface area contributed by atoms with Crippen LogP contribution in [0.1, 0.15) is 57.1 Å². The van der Waals surface area contributed by atoms with Gasteiger partial charge in [0, 0.05) is 30.2 Å². The van der Waals surface area contributed by atoms with Crippen LogP contribution >= 0.6 is 0 Å². The van der Waals surface area contributed by atoms with Gasteiger partial charge in [0.2, 0.25) is 5.75 Å². The number of nitrogens with zero attached hydrogens (tertiary/aromatic N) is 2. The molecule has 0 saturated heterocycles. The number of fused-ring (bicyclic) bond motifs is 7. The lowest BCUT2D eigenvalue weighted by Gasteiger charge is -2.46. The first kappa shape index (κ1) is 31.0. The monoisotopic (exact) mass is 638 g/mol. The number of methoxy groups -OCH3 is 4. The predicted molar refractivity (Wildman–Crippen MR) is 179 cm³/mol. The highest BCUT2D eigenvalue weighted by Gasteiger charge is 2.42. The van der Waals surface area contributed by atoms with Crippen molar-refractivity contribution in [3.63, 3.8) is 0 Å². The second-order valence-corrected chi connectivity index (χ2v) is 12.8. The Morgan fingerprint density at radius 1 is 0.681 bits per heavy atom. The van der Waals surface area contributed by atoms with Crippen molar-refractivity contribution in [2.45, 2.75) is 43.8 Å². The highest BCUT2D eigenvalue weighted by atomic mass is 16.5. The van der Waals surface area contributed by atoms with Crippen LogP contribution in [0.2, 0.25) is 0 Å². The normalized spacial score (nSPS) is 20.1. The molecule has 4 aromatic carbocycles. The average molecular weight is 639 g/mol. The van der Waals surface area contributed by atoms with Crippen LogP contribution in [-0.4, -0.2) is 69.1 Å². The number of hydrogen-bond acceptors (Lipinski definition) is 9. The largest absolute Gasteiger partial charge is 0.508 e. The fourth-order valence-electron chi connectivity index (χ4n) is 7.78. The molecular formula is C38H42N2O7. The van der Waals surface area contributed by atoms with Crippen molar-refractivity contribution >= 4 is 0 Å². The third-order valence-corrected chi connectivity index (χ3v) is 10.3. The summed E-state index contributed by atoms with van der Waals surface area (Å²) in [6.45, 7) is 0.926. The van der Waals surface area contributed by atoms with E-state index in [1.165, 1.54) is 11.1 Å². The van der Waals surface area contributed by atoms with Crippen LogP contribution in [0.15, 0.2) is 54.6 Å². The lowest BCUT2D eigenvalue weighted by Crippen LogP contribution is -2.40. The van der Waals surface area contributed by atoms with Crippen molar-refractivity contribution in [3.8, 4) is 46.0 Å². The minimum atomic E-state index is 0.0160. The summed E-state index contributed by atoms with van der Waals surface area (Å²) in [4.78, 5) is 4.74. The molecule has 2 bridgehead atoms. The van der Waals surface area contributed by atoms with Crippen LogP contribution < -0.4 is 23.7 Å². The quantitative estimate of drug-likeness (QED) is 0.224. The zero-order chi connectivity index (χ0) is 33.0. The van der Waals surface area contributed by atoms with Gasteiger partial charge in [0.15, 0.2) is 34.5 Å². The number of phenolic OH excluding ortho intramolecular Hbond substituents is 2. The maximum Gasteiger partial charge on any atom is 0.204 e. The van der Waals surface area contributed by atoms with E-state index >= 15 is 0 Å². The summed E-state index contributed by atoms with van der Waals surface area (Å²) >= 11 is 0. The highest BCUT2D eigenvalue weighted by Crippen LogP contribution is 2.55. The average Bonchev–Trinajstić information content (AvgIpc) is 3.07. The van der Waals surface area contributed by atoms with Gasteiger partial charge in [0.25, 0.3) is 0 Å². The second-order valence-electron chi connectivity index (χ2n) is 12.8. The minimum Gasteiger partial charge on any atom is -0.508 e. The van der Waals surface area contributed by atoms with Crippen molar-refractivity contribution in [1.82, 2.24) is 9.80 Å². The molecule has 47 heavy (non-hydrogen) atoms. The van der Waals surface area contributed by atoms with Gasteiger partial charge in [0.05, 0.1) is 28.4 Å². The molecule has 3 aliphatic heterocycles. The van der Waals surface area contributed by atoms with E-state index in [1.807, 2.05) is 24.3 Å². The van der Waals surface area contributed by atoms with Gasteiger partial charge in [-0.3, -0.25) is 9.80 Å². The summed E-state index contributed by atoms with van der Waals surface area (Å²) in [6, 6.07) is 17.7. The van der Waals surface area contributed by atoms with Gasteiger partial charge in [-0.15, -0.1) is 0 Å². The van der Waals surface area contributed by atoms with Crippen LogP contribution in [0.4, 0.5) is 0 Å². The number of aromatic hydroxyl groups is 2. The number of hydrogen-bond donors (Lipinski definition) is 2. The zero-order valence-electron chi connectivity index (χ0n) is 27.8. The summed E-state index contributed by atoms with van der Waals surface area (Å²) in [5, 5.41) is 20.6. The van der Waals surface area contributed by atoms with Gasteiger partial charge in [0.1, 0.15) is 5.75 Å². The second kappa shape index (κ2) is 12.2. The Hall–Kier alpha value is -4.60. The highest BCUT2D eigenvalue weighted by molar-refractivity contribution is 5.64. The topological polar surface area (TPSA) is 93.1 Å². The van der Waals surface area contributed by atoms with Crippen molar-refractivity contribution in [3.05, 3.63) is 93.5 Å². The molecule has 0 aliphatic carbocycles. The van der Waals surface area contributed by atoms with Crippen LogP contribution in [-0.2, 0) is 25.7 Å². The Labute approximate surface area is 275 Å². The predicted octanol–water partition coefficient (Wildman–Crippen LogP) is 6.52. The molecule has 0 spiro atoms. The Balaban J connectivity index is 1.33. The van der Waals surface area contributed by atoms with E-state index in [-0.39, 0.29) is 29.6 Å². The van der Waals surface area contributed by atoms with Crippen LogP contribution in [0, 0.1) is 0 Å². The fraction of sp³-hybridized carbons (Fsp3) is 0.368. The number of benzene rings is 4. The van der Waals surface area contributed by atoms with Crippen molar-refractivity contribution in [2.75, 3.05) is 49.1 Å². The molecule has 0 saturated carbocycles. The summed E-state index contributed by atoms with van der Waals surface area (Å²) in [7, 11) is 10.8. The Morgan fingerprint density at radius 2 is 1.36 bits per heavy atom. The van der Waals surface area contributed by atoms with Gasteiger partial charge in [-0.1, -0.05) is 12.1 Å². The molecule has 246 valence electrons. The van der Waals surface area contributed by atoms with Gasteiger partial charge in [-0.2, -0.15) is 0 Å². The maximum atomic E-state index is 10.7. The van der Waals surface area contributed by atoms with E-state index < -0.39 is 0 Å². The molecule has 2 N–H and O–H groups in total. The fourth-order valence-corrected chi connectivity index (χ4v) is 7.78. The van der Waals surface area contributed by atoms with Crippen LogP contribution in [0.5, 0.6) is 46.0 Å². The molecule has 0 aromatic heterocycles. The van der Waals surface area contributed by atoms with E-state index in [0.717, 1.165) is 53.6 Å². The van der Waals surface area contributed by atoms with Crippen molar-refractivity contribution in [1.29, 1.82) is 0 Å². The Morgan fingerprint density at radius 3 is 2.06 bits per heavy atom. The molecule has 0 fully saturated rings. The first-order valence-electron chi connectivity index (χ1n) is 16.0. The molecule has 3 atom stereocenters. The molecule has 3 aliphatic rings. The smallest absolute Gasteiger partial charge is 0.204 e. The lowest BCUT2D eigenvalue weighted by atomic mass is 9.76. The van der Waals surface area contributed by atoms with Crippen molar-refractivity contribution in [2.24, 2.45) is 0 Å². The van der Waals surface area contributed by atoms with E-state index in [9.17, 15) is 10.2 Å². The molecule has 7 rings (SSSR count). The summed E-state index contributed by atoms with van der Waals surface area (Å²) in [5.74, 6) is 3.90. The lowest BCUT2D eigenvalue weighted by molar-refractivity contribution is 0.135. The molecule has 0 amide bonds. The number of rotatable bonds is 8. The van der Waals surface area contributed by atoms with E-state index in [1.54, 1.807) is 40.6 Å². The minimum absolute atomic E-state index is 0.0160. The molecule has 0 radical (unpaired) electrons. The van der Waals surface area contributed by atoms with Crippen molar-refractivity contribution < 1.29 is 33.9 Å². The molecule has 9 heteroatoms.